The molecule has 0 bridgehead atoms. The highest BCUT2D eigenvalue weighted by molar-refractivity contribution is 8.06. The van der Waals surface area contributed by atoms with Crippen LogP contribution in [0.1, 0.15) is 5.56 Å². The third-order valence-electron chi connectivity index (χ3n) is 3.24. The highest BCUT2D eigenvalue weighted by atomic mass is 35.5. The van der Waals surface area contributed by atoms with E-state index in [9.17, 15) is 0 Å². The monoisotopic (exact) mass is 331 g/mol. The minimum absolute atomic E-state index is 0.570. The van der Waals surface area contributed by atoms with Crippen molar-refractivity contribution in [2.45, 2.75) is 11.8 Å². The van der Waals surface area contributed by atoms with Gasteiger partial charge in [-0.3, -0.25) is 0 Å². The molecule has 1 fully saturated rings. The van der Waals surface area contributed by atoms with Crippen molar-refractivity contribution < 1.29 is 9.47 Å². The lowest BCUT2D eigenvalue weighted by atomic mass is 10.2. The normalized spacial score (nSPS) is 21.8. The smallest absolute Gasteiger partial charge is 0.179 e. The van der Waals surface area contributed by atoms with E-state index in [0.717, 1.165) is 29.7 Å². The fraction of sp³-hybridized carbons (Fsp3) is 0.571. The number of fused-ring (bicyclic) bond motifs is 1. The molecule has 2 aliphatic heterocycles. The Morgan fingerprint density at radius 1 is 1.25 bits per heavy atom. The number of hydrogen-bond acceptors (Lipinski definition) is 5. The zero-order valence-corrected chi connectivity index (χ0v) is 13.6. The molecular weight excluding hydrogens is 314 g/mol. The van der Waals surface area contributed by atoms with Crippen LogP contribution < -0.4 is 14.8 Å². The van der Waals surface area contributed by atoms with Gasteiger partial charge in [0.25, 0.3) is 0 Å². The van der Waals surface area contributed by atoms with E-state index in [0.29, 0.717) is 24.0 Å². The van der Waals surface area contributed by atoms with Crippen LogP contribution >= 0.6 is 35.1 Å². The molecule has 1 N–H and O–H groups in total. The first kappa shape index (κ1) is 14.7. The van der Waals surface area contributed by atoms with Crippen LogP contribution in [0.5, 0.6) is 11.5 Å². The summed E-state index contributed by atoms with van der Waals surface area (Å²) in [7, 11) is 0. The molecule has 0 radical (unpaired) electrons. The molecular formula is C14H18ClNO2S2. The van der Waals surface area contributed by atoms with E-state index in [1.807, 2.05) is 12.1 Å². The number of benzene rings is 1. The first-order valence-electron chi connectivity index (χ1n) is 6.81. The maximum absolute atomic E-state index is 6.23. The minimum atomic E-state index is 0.570. The molecule has 0 aromatic heterocycles. The number of nitrogens with one attached hydrogen (secondary N) is 1. The van der Waals surface area contributed by atoms with Gasteiger partial charge in [0.2, 0.25) is 0 Å². The molecule has 3 nitrogen and oxygen atoms in total. The van der Waals surface area contributed by atoms with E-state index < -0.39 is 0 Å². The topological polar surface area (TPSA) is 30.5 Å². The van der Waals surface area contributed by atoms with E-state index in [2.05, 4.69) is 28.8 Å². The standard InChI is InChI=1S/C14H18ClNO2S2/c15-12-5-10(6-13-14(12)18-2-1-17-13)7-16-8-11-9-19-3-4-20-11/h5-6,11,16H,1-4,7-9H2. The van der Waals surface area contributed by atoms with Gasteiger partial charge in [-0.15, -0.1) is 0 Å². The lowest BCUT2D eigenvalue weighted by molar-refractivity contribution is 0.171. The minimum Gasteiger partial charge on any atom is -0.486 e. The van der Waals surface area contributed by atoms with E-state index in [-0.39, 0.29) is 0 Å². The first-order valence-corrected chi connectivity index (χ1v) is 9.39. The molecule has 1 saturated heterocycles. The molecule has 6 heteroatoms. The molecule has 0 aliphatic carbocycles. The molecule has 20 heavy (non-hydrogen) atoms. The van der Waals surface area contributed by atoms with Gasteiger partial charge in [0, 0.05) is 35.6 Å². The maximum atomic E-state index is 6.23. The van der Waals surface area contributed by atoms with Gasteiger partial charge in [-0.2, -0.15) is 23.5 Å². The van der Waals surface area contributed by atoms with Crippen molar-refractivity contribution in [1.29, 1.82) is 0 Å². The van der Waals surface area contributed by atoms with Gasteiger partial charge in [-0.25, -0.2) is 0 Å². The Hall–Kier alpha value is -0.230. The second-order valence-electron chi connectivity index (χ2n) is 4.80. The number of hydrogen-bond donors (Lipinski definition) is 1. The van der Waals surface area contributed by atoms with Crippen LogP contribution in [-0.4, -0.2) is 42.3 Å². The van der Waals surface area contributed by atoms with Crippen LogP contribution in [0.3, 0.4) is 0 Å². The fourth-order valence-electron chi connectivity index (χ4n) is 2.30. The molecule has 0 saturated carbocycles. The van der Waals surface area contributed by atoms with Gasteiger partial charge in [0.15, 0.2) is 11.5 Å². The van der Waals surface area contributed by atoms with Gasteiger partial charge in [0.1, 0.15) is 13.2 Å². The van der Waals surface area contributed by atoms with Gasteiger partial charge in [0.05, 0.1) is 5.02 Å². The Labute approximate surface area is 133 Å². The average molecular weight is 332 g/mol. The van der Waals surface area contributed by atoms with Crippen LogP contribution in [-0.2, 0) is 6.54 Å². The second kappa shape index (κ2) is 7.16. The molecule has 3 rings (SSSR count). The average Bonchev–Trinajstić information content (AvgIpc) is 2.48. The summed E-state index contributed by atoms with van der Waals surface area (Å²) in [6.45, 7) is 3.03. The molecule has 0 spiro atoms. The SMILES string of the molecule is Clc1cc(CNCC2CSCCS2)cc2c1OCCO2. The summed E-state index contributed by atoms with van der Waals surface area (Å²) in [6, 6.07) is 3.99. The second-order valence-corrected chi connectivity index (χ2v) is 7.77. The Balaban J connectivity index is 1.56. The molecule has 1 unspecified atom stereocenters. The summed E-state index contributed by atoms with van der Waals surface area (Å²) >= 11 is 10.4. The lowest BCUT2D eigenvalue weighted by Gasteiger charge is -2.22. The molecule has 1 atom stereocenters. The van der Waals surface area contributed by atoms with Crippen molar-refractivity contribution in [2.75, 3.05) is 37.0 Å². The third-order valence-corrected chi connectivity index (χ3v) is 6.37. The first-order chi connectivity index (χ1) is 9.83. The van der Waals surface area contributed by atoms with Crippen molar-refractivity contribution in [3.05, 3.63) is 22.7 Å². The van der Waals surface area contributed by atoms with Crippen LogP contribution in [0.25, 0.3) is 0 Å². The predicted octanol–water partition coefficient (Wildman–Crippen LogP) is 3.05. The quantitative estimate of drug-likeness (QED) is 0.916. The summed E-state index contributed by atoms with van der Waals surface area (Å²) in [6.07, 6.45) is 0. The number of thioether (sulfide) groups is 2. The van der Waals surface area contributed by atoms with Crippen molar-refractivity contribution in [1.82, 2.24) is 5.32 Å². The lowest BCUT2D eigenvalue weighted by Crippen LogP contribution is -2.28. The largest absolute Gasteiger partial charge is 0.486 e. The highest BCUT2D eigenvalue weighted by Gasteiger charge is 2.17. The molecule has 2 heterocycles. The Morgan fingerprint density at radius 2 is 2.15 bits per heavy atom. The molecule has 0 amide bonds. The summed E-state index contributed by atoms with van der Waals surface area (Å²) < 4.78 is 11.1. The number of rotatable bonds is 4. The van der Waals surface area contributed by atoms with Crippen molar-refractivity contribution in [2.24, 2.45) is 0 Å². The van der Waals surface area contributed by atoms with E-state index in [1.165, 1.54) is 17.3 Å². The van der Waals surface area contributed by atoms with Gasteiger partial charge in [-0.1, -0.05) is 11.6 Å². The highest BCUT2D eigenvalue weighted by Crippen LogP contribution is 2.38. The molecule has 2 aliphatic rings. The summed E-state index contributed by atoms with van der Waals surface area (Å²) in [5, 5.41) is 4.88. The van der Waals surface area contributed by atoms with Crippen molar-refractivity contribution >= 4 is 35.1 Å². The van der Waals surface area contributed by atoms with Gasteiger partial charge < -0.3 is 14.8 Å². The predicted molar refractivity (Wildman–Crippen MR) is 87.7 cm³/mol. The molecule has 1 aromatic rings. The zero-order chi connectivity index (χ0) is 13.8. The van der Waals surface area contributed by atoms with Crippen molar-refractivity contribution in [3.8, 4) is 11.5 Å². The van der Waals surface area contributed by atoms with Crippen molar-refractivity contribution in [3.63, 3.8) is 0 Å². The Morgan fingerprint density at radius 3 is 3.00 bits per heavy atom. The zero-order valence-electron chi connectivity index (χ0n) is 11.2. The Bertz CT molecular complexity index is 467. The summed E-state index contributed by atoms with van der Waals surface area (Å²) in [5.74, 6) is 5.26. The molecule has 110 valence electrons. The van der Waals surface area contributed by atoms with Crippen LogP contribution in [0, 0.1) is 0 Å². The van der Waals surface area contributed by atoms with Gasteiger partial charge in [-0.05, 0) is 17.7 Å². The number of halogens is 1. The fourth-order valence-corrected chi connectivity index (χ4v) is 5.23. The van der Waals surface area contributed by atoms with E-state index >= 15 is 0 Å². The maximum Gasteiger partial charge on any atom is 0.179 e. The number of ether oxygens (including phenoxy) is 2. The summed E-state index contributed by atoms with van der Waals surface area (Å²) in [4.78, 5) is 0. The van der Waals surface area contributed by atoms with E-state index in [4.69, 9.17) is 21.1 Å². The summed E-state index contributed by atoms with van der Waals surface area (Å²) in [5.41, 5.74) is 1.15. The third kappa shape index (κ3) is 3.70. The Kier molecular flexibility index (Phi) is 5.26. The van der Waals surface area contributed by atoms with Crippen LogP contribution in [0.15, 0.2) is 12.1 Å². The molecule has 1 aromatic carbocycles. The van der Waals surface area contributed by atoms with Gasteiger partial charge >= 0.3 is 0 Å². The van der Waals surface area contributed by atoms with Crippen LogP contribution in [0.4, 0.5) is 0 Å². The van der Waals surface area contributed by atoms with Crippen LogP contribution in [0.2, 0.25) is 5.02 Å². The van der Waals surface area contributed by atoms with E-state index in [1.54, 1.807) is 0 Å².